The lowest BCUT2D eigenvalue weighted by Gasteiger charge is -2.19. The molecule has 3 N–H and O–H groups in total. The number of rotatable bonds is 4. The van der Waals surface area contributed by atoms with Gasteiger partial charge in [-0.1, -0.05) is 32.9 Å². The van der Waals surface area contributed by atoms with Crippen LogP contribution in [0.15, 0.2) is 42.6 Å². The largest absolute Gasteiger partial charge is 0.487 e. The maximum absolute atomic E-state index is 5.73. The van der Waals surface area contributed by atoms with Crippen molar-refractivity contribution in [2.75, 3.05) is 5.43 Å². The van der Waals surface area contributed by atoms with E-state index in [-0.39, 0.29) is 5.41 Å². The summed E-state index contributed by atoms with van der Waals surface area (Å²) in [5.41, 5.74) is 5.69. The van der Waals surface area contributed by atoms with Crippen LogP contribution in [0.3, 0.4) is 0 Å². The van der Waals surface area contributed by atoms with E-state index >= 15 is 0 Å². The average Bonchev–Trinajstić information content (AvgIpc) is 2.45. The molecule has 1 heterocycles. The van der Waals surface area contributed by atoms with E-state index in [9.17, 15) is 0 Å². The summed E-state index contributed by atoms with van der Waals surface area (Å²) in [7, 11) is 0. The van der Waals surface area contributed by atoms with Crippen LogP contribution in [-0.4, -0.2) is 4.98 Å². The van der Waals surface area contributed by atoms with Gasteiger partial charge in [-0.15, -0.1) is 0 Å². The summed E-state index contributed by atoms with van der Waals surface area (Å²) in [6.07, 6.45) is 1.70. The van der Waals surface area contributed by atoms with Gasteiger partial charge in [0.05, 0.1) is 11.4 Å². The van der Waals surface area contributed by atoms with Gasteiger partial charge < -0.3 is 10.2 Å². The van der Waals surface area contributed by atoms with Crippen LogP contribution in [0.2, 0.25) is 0 Å². The zero-order valence-corrected chi connectivity index (χ0v) is 12.2. The summed E-state index contributed by atoms with van der Waals surface area (Å²) in [6.45, 7) is 7.00. The van der Waals surface area contributed by atoms with E-state index in [0.717, 1.165) is 17.1 Å². The number of benzene rings is 1. The van der Waals surface area contributed by atoms with Gasteiger partial charge in [0.1, 0.15) is 12.4 Å². The Hall–Kier alpha value is -2.07. The lowest BCUT2D eigenvalue weighted by Crippen LogP contribution is -2.10. The molecule has 2 rings (SSSR count). The number of nitrogens with zero attached hydrogens (tertiary/aromatic N) is 1. The van der Waals surface area contributed by atoms with E-state index in [1.54, 1.807) is 6.20 Å². The van der Waals surface area contributed by atoms with Crippen molar-refractivity contribution in [3.05, 3.63) is 53.9 Å². The second kappa shape index (κ2) is 5.92. The van der Waals surface area contributed by atoms with Crippen molar-refractivity contribution in [1.82, 2.24) is 4.98 Å². The molecule has 0 saturated carbocycles. The Morgan fingerprint density at radius 3 is 2.45 bits per heavy atom. The van der Waals surface area contributed by atoms with E-state index in [4.69, 9.17) is 10.6 Å². The second-order valence-corrected chi connectivity index (χ2v) is 5.74. The van der Waals surface area contributed by atoms with Gasteiger partial charge in [0.2, 0.25) is 0 Å². The van der Waals surface area contributed by atoms with Crippen LogP contribution in [-0.2, 0) is 12.0 Å². The third-order valence-electron chi connectivity index (χ3n) is 3.09. The summed E-state index contributed by atoms with van der Waals surface area (Å²) < 4.78 is 5.73. The van der Waals surface area contributed by atoms with Crippen molar-refractivity contribution in [1.29, 1.82) is 0 Å². The first-order chi connectivity index (χ1) is 9.49. The smallest absolute Gasteiger partial charge is 0.130 e. The van der Waals surface area contributed by atoms with Crippen molar-refractivity contribution in [3.8, 4) is 5.75 Å². The maximum atomic E-state index is 5.73. The van der Waals surface area contributed by atoms with Gasteiger partial charge in [0.15, 0.2) is 0 Å². The van der Waals surface area contributed by atoms with Crippen LogP contribution in [0.5, 0.6) is 5.75 Å². The van der Waals surface area contributed by atoms with E-state index in [1.165, 1.54) is 5.56 Å². The Bertz CT molecular complexity index is 559. The molecule has 0 bridgehead atoms. The number of hydrogen-bond acceptors (Lipinski definition) is 4. The molecule has 0 aliphatic carbocycles. The van der Waals surface area contributed by atoms with Gasteiger partial charge in [-0.25, -0.2) is 0 Å². The summed E-state index contributed by atoms with van der Waals surface area (Å²) in [5, 5.41) is 0. The molecule has 0 amide bonds. The Balaban J connectivity index is 2.00. The molecule has 4 nitrogen and oxygen atoms in total. The van der Waals surface area contributed by atoms with E-state index in [1.807, 2.05) is 24.3 Å². The number of pyridine rings is 1. The number of anilines is 1. The van der Waals surface area contributed by atoms with Gasteiger partial charge in [-0.3, -0.25) is 10.8 Å². The van der Waals surface area contributed by atoms with Crippen LogP contribution in [0.4, 0.5) is 5.69 Å². The topological polar surface area (TPSA) is 60.2 Å². The predicted molar refractivity (Wildman–Crippen MR) is 81.5 cm³/mol. The van der Waals surface area contributed by atoms with Gasteiger partial charge in [0, 0.05) is 6.20 Å². The molecule has 4 heteroatoms. The molecule has 1 aromatic heterocycles. The van der Waals surface area contributed by atoms with Crippen molar-refractivity contribution >= 4 is 5.69 Å². The molecule has 0 spiro atoms. The monoisotopic (exact) mass is 271 g/mol. The van der Waals surface area contributed by atoms with Gasteiger partial charge in [0.25, 0.3) is 0 Å². The van der Waals surface area contributed by atoms with Crippen molar-refractivity contribution in [2.24, 2.45) is 5.84 Å². The Labute approximate surface area is 120 Å². The summed E-state index contributed by atoms with van der Waals surface area (Å²) >= 11 is 0. The maximum Gasteiger partial charge on any atom is 0.130 e. The SMILES string of the molecule is CC(C)(C)c1ccc(OCc2cc(NN)ccn2)cc1. The second-order valence-electron chi connectivity index (χ2n) is 5.74. The molecule has 0 atom stereocenters. The highest BCUT2D eigenvalue weighted by Crippen LogP contribution is 2.24. The molecule has 0 fully saturated rings. The predicted octanol–water partition coefficient (Wildman–Crippen LogP) is 3.24. The van der Waals surface area contributed by atoms with Crippen LogP contribution in [0, 0.1) is 0 Å². The zero-order valence-electron chi connectivity index (χ0n) is 12.2. The quantitative estimate of drug-likeness (QED) is 0.662. The molecular weight excluding hydrogens is 250 g/mol. The standard InChI is InChI=1S/C16H21N3O/c1-16(2,3)12-4-6-15(7-5-12)20-11-14-10-13(19-17)8-9-18-14/h4-10H,11,17H2,1-3H3,(H,18,19). The molecular formula is C16H21N3O. The third-order valence-corrected chi connectivity index (χ3v) is 3.09. The van der Waals surface area contributed by atoms with Crippen molar-refractivity contribution < 1.29 is 4.74 Å². The number of ether oxygens (including phenoxy) is 1. The van der Waals surface area contributed by atoms with Gasteiger partial charge in [-0.05, 0) is 35.2 Å². The minimum Gasteiger partial charge on any atom is -0.487 e. The van der Waals surface area contributed by atoms with Gasteiger partial charge >= 0.3 is 0 Å². The molecule has 2 aromatic rings. The third kappa shape index (κ3) is 3.71. The average molecular weight is 271 g/mol. The van der Waals surface area contributed by atoms with Gasteiger partial charge in [-0.2, -0.15) is 0 Å². The molecule has 106 valence electrons. The minimum absolute atomic E-state index is 0.154. The molecule has 0 saturated heterocycles. The minimum atomic E-state index is 0.154. The first-order valence-electron chi connectivity index (χ1n) is 6.64. The summed E-state index contributed by atoms with van der Waals surface area (Å²) in [4.78, 5) is 4.24. The van der Waals surface area contributed by atoms with Crippen LogP contribution < -0.4 is 16.0 Å². The van der Waals surface area contributed by atoms with E-state index < -0.39 is 0 Å². The number of aromatic nitrogens is 1. The summed E-state index contributed by atoms with van der Waals surface area (Å²) in [6, 6.07) is 11.9. The molecule has 1 aromatic carbocycles. The number of hydrazine groups is 1. The van der Waals surface area contributed by atoms with Crippen LogP contribution in [0.25, 0.3) is 0 Å². The normalized spacial score (nSPS) is 11.2. The highest BCUT2D eigenvalue weighted by Gasteiger charge is 2.12. The lowest BCUT2D eigenvalue weighted by molar-refractivity contribution is 0.301. The number of nitrogens with one attached hydrogen (secondary N) is 1. The lowest BCUT2D eigenvalue weighted by atomic mass is 9.87. The fourth-order valence-corrected chi connectivity index (χ4v) is 1.86. The molecule has 0 aliphatic rings. The van der Waals surface area contributed by atoms with Crippen molar-refractivity contribution in [3.63, 3.8) is 0 Å². The number of nitrogens with two attached hydrogens (primary N) is 1. The van der Waals surface area contributed by atoms with Crippen molar-refractivity contribution in [2.45, 2.75) is 32.8 Å². The Morgan fingerprint density at radius 2 is 1.85 bits per heavy atom. The van der Waals surface area contributed by atoms with Crippen LogP contribution in [0.1, 0.15) is 32.0 Å². The Morgan fingerprint density at radius 1 is 1.15 bits per heavy atom. The fourth-order valence-electron chi connectivity index (χ4n) is 1.86. The highest BCUT2D eigenvalue weighted by atomic mass is 16.5. The summed E-state index contributed by atoms with van der Waals surface area (Å²) in [5.74, 6) is 6.20. The molecule has 0 unspecified atom stereocenters. The number of hydrogen-bond donors (Lipinski definition) is 2. The van der Waals surface area contributed by atoms with E-state index in [2.05, 4.69) is 43.3 Å². The first-order valence-corrected chi connectivity index (χ1v) is 6.64. The Kier molecular flexibility index (Phi) is 4.25. The van der Waals surface area contributed by atoms with Crippen LogP contribution >= 0.6 is 0 Å². The zero-order chi connectivity index (χ0) is 14.6. The first kappa shape index (κ1) is 14.3. The molecule has 20 heavy (non-hydrogen) atoms. The van der Waals surface area contributed by atoms with E-state index in [0.29, 0.717) is 6.61 Å². The highest BCUT2D eigenvalue weighted by molar-refractivity contribution is 5.41. The fraction of sp³-hybridized carbons (Fsp3) is 0.312. The number of nitrogen functional groups attached to an aromatic ring is 1. The molecule has 0 aliphatic heterocycles. The molecule has 0 radical (unpaired) electrons.